The van der Waals surface area contributed by atoms with Crippen molar-refractivity contribution in [1.82, 2.24) is 20.0 Å². The monoisotopic (exact) mass is 351 g/mol. The van der Waals surface area contributed by atoms with Crippen molar-refractivity contribution >= 4 is 5.96 Å². The first-order valence-corrected chi connectivity index (χ1v) is 10.2. The van der Waals surface area contributed by atoms with Crippen molar-refractivity contribution in [3.8, 4) is 0 Å². The van der Waals surface area contributed by atoms with E-state index in [1.165, 1.54) is 32.7 Å². The summed E-state index contributed by atoms with van der Waals surface area (Å²) in [6.07, 6.45) is 0. The molecular weight excluding hydrogens is 310 g/mol. The zero-order valence-electron chi connectivity index (χ0n) is 17.7. The maximum Gasteiger partial charge on any atom is 0.194 e. The van der Waals surface area contributed by atoms with Crippen LogP contribution in [-0.2, 0) is 0 Å². The molecule has 1 atom stereocenters. The highest BCUT2D eigenvalue weighted by molar-refractivity contribution is 5.82. The molecule has 0 radical (unpaired) electrons. The molecule has 0 aromatic rings. The maximum absolute atomic E-state index is 4.99. The fourth-order valence-corrected chi connectivity index (χ4v) is 3.82. The lowest BCUT2D eigenvalue weighted by Crippen LogP contribution is -2.72. The van der Waals surface area contributed by atoms with Gasteiger partial charge in [-0.3, -0.25) is 4.99 Å². The second kappa shape index (κ2) is 8.26. The summed E-state index contributed by atoms with van der Waals surface area (Å²) in [6.45, 7) is 26.2. The fraction of sp³-hybridized carbons (Fsp3) is 0.950. The number of piperazine rings is 1. The standard InChI is InChI=1S/C20H41N5/c1-8-21-18(25-16-19(4,5)20(25,6)7)22-14-17(3)15-24-12-10-23(9-2)11-13-24/h17H,8-16H2,1-7H3,(H,21,22). The predicted octanol–water partition coefficient (Wildman–Crippen LogP) is 2.35. The van der Waals surface area contributed by atoms with Crippen LogP contribution in [0.4, 0.5) is 0 Å². The van der Waals surface area contributed by atoms with E-state index in [-0.39, 0.29) is 5.54 Å². The van der Waals surface area contributed by atoms with Gasteiger partial charge in [0.15, 0.2) is 5.96 Å². The Hall–Kier alpha value is -0.810. The number of rotatable bonds is 6. The molecule has 2 saturated heterocycles. The molecule has 0 aromatic heterocycles. The van der Waals surface area contributed by atoms with Crippen LogP contribution in [0.3, 0.4) is 0 Å². The highest BCUT2D eigenvalue weighted by Gasteiger charge is 2.53. The summed E-state index contributed by atoms with van der Waals surface area (Å²) in [4.78, 5) is 12.6. The molecule has 146 valence electrons. The molecule has 2 aliphatic heterocycles. The third-order valence-corrected chi connectivity index (χ3v) is 6.51. The van der Waals surface area contributed by atoms with E-state index in [9.17, 15) is 0 Å². The zero-order chi connectivity index (χ0) is 18.7. The van der Waals surface area contributed by atoms with Gasteiger partial charge in [0.1, 0.15) is 0 Å². The van der Waals surface area contributed by atoms with E-state index >= 15 is 0 Å². The van der Waals surface area contributed by atoms with Crippen molar-refractivity contribution in [2.45, 2.75) is 54.0 Å². The van der Waals surface area contributed by atoms with Crippen LogP contribution < -0.4 is 5.32 Å². The van der Waals surface area contributed by atoms with E-state index in [0.717, 1.165) is 32.1 Å². The van der Waals surface area contributed by atoms with Gasteiger partial charge in [-0.1, -0.05) is 27.7 Å². The molecular formula is C20H41N5. The van der Waals surface area contributed by atoms with Crippen LogP contribution in [0, 0.1) is 11.3 Å². The van der Waals surface area contributed by atoms with Crippen molar-refractivity contribution in [1.29, 1.82) is 0 Å². The molecule has 2 aliphatic rings. The van der Waals surface area contributed by atoms with Crippen LogP contribution in [0.15, 0.2) is 4.99 Å². The Morgan fingerprint density at radius 3 is 2.12 bits per heavy atom. The molecule has 1 N–H and O–H groups in total. The molecule has 2 heterocycles. The van der Waals surface area contributed by atoms with Gasteiger partial charge in [-0.05, 0) is 33.2 Å². The summed E-state index contributed by atoms with van der Waals surface area (Å²) >= 11 is 0. The molecule has 5 heteroatoms. The van der Waals surface area contributed by atoms with Gasteiger partial charge in [-0.15, -0.1) is 0 Å². The molecule has 2 fully saturated rings. The second-order valence-electron chi connectivity index (χ2n) is 9.06. The van der Waals surface area contributed by atoms with E-state index in [4.69, 9.17) is 4.99 Å². The Kier molecular flexibility index (Phi) is 6.77. The first-order chi connectivity index (χ1) is 11.7. The van der Waals surface area contributed by atoms with Crippen molar-refractivity contribution in [3.63, 3.8) is 0 Å². The second-order valence-corrected chi connectivity index (χ2v) is 9.06. The summed E-state index contributed by atoms with van der Waals surface area (Å²) in [5.74, 6) is 1.69. The lowest BCUT2D eigenvalue weighted by molar-refractivity contribution is -0.0668. The van der Waals surface area contributed by atoms with E-state index in [0.29, 0.717) is 11.3 Å². The van der Waals surface area contributed by atoms with Gasteiger partial charge in [-0.25, -0.2) is 0 Å². The highest BCUT2D eigenvalue weighted by Crippen LogP contribution is 2.46. The Bertz CT molecular complexity index is 449. The minimum absolute atomic E-state index is 0.160. The number of likely N-dealkylation sites (N-methyl/N-ethyl adjacent to an activating group) is 1. The molecule has 5 nitrogen and oxygen atoms in total. The minimum Gasteiger partial charge on any atom is -0.356 e. The van der Waals surface area contributed by atoms with E-state index in [2.05, 4.69) is 68.5 Å². The van der Waals surface area contributed by atoms with Gasteiger partial charge >= 0.3 is 0 Å². The number of guanidine groups is 1. The summed E-state index contributed by atoms with van der Waals surface area (Å²) in [5, 5.41) is 3.51. The number of nitrogens with one attached hydrogen (secondary N) is 1. The quantitative estimate of drug-likeness (QED) is 0.588. The number of likely N-dealkylation sites (tertiary alicyclic amines) is 1. The van der Waals surface area contributed by atoms with E-state index in [1.54, 1.807) is 0 Å². The first-order valence-electron chi connectivity index (χ1n) is 10.2. The Labute approximate surface area is 155 Å². The van der Waals surface area contributed by atoms with Crippen molar-refractivity contribution < 1.29 is 0 Å². The average Bonchev–Trinajstić information content (AvgIpc) is 2.57. The summed E-state index contributed by atoms with van der Waals surface area (Å²) < 4.78 is 0. The van der Waals surface area contributed by atoms with Gasteiger partial charge in [0.25, 0.3) is 0 Å². The van der Waals surface area contributed by atoms with E-state index in [1.807, 2.05) is 0 Å². The van der Waals surface area contributed by atoms with E-state index < -0.39 is 0 Å². The van der Waals surface area contributed by atoms with Gasteiger partial charge in [-0.2, -0.15) is 0 Å². The number of aliphatic imine (C=N–C) groups is 1. The first kappa shape index (κ1) is 20.5. The zero-order valence-corrected chi connectivity index (χ0v) is 17.7. The van der Waals surface area contributed by atoms with Gasteiger partial charge < -0.3 is 20.0 Å². The molecule has 0 saturated carbocycles. The predicted molar refractivity (Wildman–Crippen MR) is 108 cm³/mol. The Morgan fingerprint density at radius 1 is 1.04 bits per heavy atom. The van der Waals surface area contributed by atoms with Crippen LogP contribution >= 0.6 is 0 Å². The topological polar surface area (TPSA) is 34.1 Å². The molecule has 0 aliphatic carbocycles. The molecule has 0 amide bonds. The summed E-state index contributed by atoms with van der Waals surface area (Å²) in [5.41, 5.74) is 0.501. The summed E-state index contributed by atoms with van der Waals surface area (Å²) in [7, 11) is 0. The number of hydrogen-bond donors (Lipinski definition) is 1. The summed E-state index contributed by atoms with van der Waals surface area (Å²) in [6, 6.07) is 0. The van der Waals surface area contributed by atoms with Crippen LogP contribution in [0.25, 0.3) is 0 Å². The van der Waals surface area contributed by atoms with Crippen LogP contribution in [-0.4, -0.2) is 85.1 Å². The van der Waals surface area contributed by atoms with Crippen LogP contribution in [0.5, 0.6) is 0 Å². The lowest BCUT2D eigenvalue weighted by atomic mass is 9.65. The molecule has 0 spiro atoms. The largest absolute Gasteiger partial charge is 0.356 e. The minimum atomic E-state index is 0.160. The van der Waals surface area contributed by atoms with Crippen molar-refractivity contribution in [3.05, 3.63) is 0 Å². The molecule has 0 bridgehead atoms. The highest BCUT2D eigenvalue weighted by atomic mass is 15.4. The van der Waals surface area contributed by atoms with Crippen LogP contribution in [0.2, 0.25) is 0 Å². The van der Waals surface area contributed by atoms with Gasteiger partial charge in [0, 0.05) is 63.3 Å². The Morgan fingerprint density at radius 2 is 1.64 bits per heavy atom. The normalized spacial score (nSPS) is 25.6. The lowest BCUT2D eigenvalue weighted by Gasteiger charge is -2.62. The number of hydrogen-bond acceptors (Lipinski definition) is 3. The van der Waals surface area contributed by atoms with Crippen molar-refractivity contribution in [2.24, 2.45) is 16.3 Å². The maximum atomic E-state index is 4.99. The molecule has 1 unspecified atom stereocenters. The fourth-order valence-electron chi connectivity index (χ4n) is 3.82. The number of nitrogens with zero attached hydrogens (tertiary/aromatic N) is 4. The average molecular weight is 352 g/mol. The molecule has 2 rings (SSSR count). The van der Waals surface area contributed by atoms with Crippen molar-refractivity contribution in [2.75, 3.05) is 58.9 Å². The third kappa shape index (κ3) is 4.68. The SMILES string of the molecule is CCNC(=NCC(C)CN1CCN(CC)CC1)N1CC(C)(C)C1(C)C. The Balaban J connectivity index is 1.87. The third-order valence-electron chi connectivity index (χ3n) is 6.51. The molecule has 0 aromatic carbocycles. The van der Waals surface area contributed by atoms with Crippen LogP contribution in [0.1, 0.15) is 48.5 Å². The van der Waals surface area contributed by atoms with Gasteiger partial charge in [0.2, 0.25) is 0 Å². The van der Waals surface area contributed by atoms with Gasteiger partial charge in [0.05, 0.1) is 0 Å². The smallest absolute Gasteiger partial charge is 0.194 e. The molecule has 25 heavy (non-hydrogen) atoms.